The summed E-state index contributed by atoms with van der Waals surface area (Å²) in [5.74, 6) is 0.657. The number of carbonyl (C=O) groups is 2. The molecule has 0 atom stereocenters. The average Bonchev–Trinajstić information content (AvgIpc) is 3.39. The summed E-state index contributed by atoms with van der Waals surface area (Å²) in [6.07, 6.45) is 2.25. The molecule has 4 rings (SSSR count). The SMILES string of the molecule is CCOC(=O)c1c(NC(=O)CSc2n[nH]c(C3CC3)n2)sc(Cl)c1-c1ccccc1. The molecule has 0 bridgehead atoms. The molecule has 1 saturated carbocycles. The molecule has 156 valence electrons. The molecule has 2 aromatic heterocycles. The number of hydrogen-bond donors (Lipinski definition) is 2. The Kier molecular flexibility index (Phi) is 6.40. The third-order valence-electron chi connectivity index (χ3n) is 4.44. The number of amides is 1. The van der Waals surface area contributed by atoms with E-state index in [1.807, 2.05) is 30.3 Å². The van der Waals surface area contributed by atoms with Crippen molar-refractivity contribution in [3.8, 4) is 11.1 Å². The second kappa shape index (κ2) is 9.20. The molecule has 3 aromatic rings. The van der Waals surface area contributed by atoms with Gasteiger partial charge < -0.3 is 10.1 Å². The lowest BCUT2D eigenvalue weighted by atomic mass is 10.0. The molecule has 0 radical (unpaired) electrons. The zero-order valence-electron chi connectivity index (χ0n) is 16.1. The predicted molar refractivity (Wildman–Crippen MR) is 118 cm³/mol. The Hall–Kier alpha value is -2.36. The first-order chi connectivity index (χ1) is 14.6. The molecular formula is C20H19ClN4O3S2. The van der Waals surface area contributed by atoms with Crippen molar-refractivity contribution in [3.63, 3.8) is 0 Å². The van der Waals surface area contributed by atoms with Crippen molar-refractivity contribution < 1.29 is 14.3 Å². The topological polar surface area (TPSA) is 97.0 Å². The number of anilines is 1. The fourth-order valence-electron chi connectivity index (χ4n) is 2.91. The number of halogens is 1. The maximum absolute atomic E-state index is 12.7. The number of aromatic amines is 1. The van der Waals surface area contributed by atoms with Gasteiger partial charge in [0.25, 0.3) is 0 Å². The number of thiophene rings is 1. The van der Waals surface area contributed by atoms with E-state index in [-0.39, 0.29) is 23.8 Å². The molecule has 2 heterocycles. The standard InChI is InChI=1S/C20H19ClN4O3S2/c1-2-28-19(27)15-14(11-6-4-3-5-7-11)16(21)30-18(15)22-13(26)10-29-20-23-17(24-25-20)12-8-9-12/h3-7,12H,2,8-10H2,1H3,(H,22,26)(H,23,24,25). The summed E-state index contributed by atoms with van der Waals surface area (Å²) in [5.41, 5.74) is 1.61. The number of nitrogens with one attached hydrogen (secondary N) is 2. The minimum atomic E-state index is -0.523. The molecule has 0 aliphatic heterocycles. The van der Waals surface area contributed by atoms with Crippen LogP contribution in [0, 0.1) is 0 Å². The summed E-state index contributed by atoms with van der Waals surface area (Å²) in [4.78, 5) is 29.6. The van der Waals surface area contributed by atoms with Crippen LogP contribution in [0.2, 0.25) is 4.34 Å². The monoisotopic (exact) mass is 462 g/mol. The number of H-pyrrole nitrogens is 1. The summed E-state index contributed by atoms with van der Waals surface area (Å²) < 4.78 is 5.63. The molecule has 1 amide bonds. The molecule has 0 unspecified atom stereocenters. The number of rotatable bonds is 8. The van der Waals surface area contributed by atoms with E-state index in [9.17, 15) is 9.59 Å². The van der Waals surface area contributed by atoms with E-state index in [4.69, 9.17) is 16.3 Å². The fourth-order valence-corrected chi connectivity index (χ4v) is 4.90. The molecule has 30 heavy (non-hydrogen) atoms. The summed E-state index contributed by atoms with van der Waals surface area (Å²) in [6.45, 7) is 1.95. The number of aromatic nitrogens is 3. The highest BCUT2D eigenvalue weighted by atomic mass is 35.5. The van der Waals surface area contributed by atoms with Gasteiger partial charge in [0, 0.05) is 11.5 Å². The maximum atomic E-state index is 12.7. The third-order valence-corrected chi connectivity index (χ3v) is 6.60. The number of carbonyl (C=O) groups excluding carboxylic acids is 2. The fraction of sp³-hybridized carbons (Fsp3) is 0.300. The molecule has 0 spiro atoms. The molecule has 0 saturated heterocycles. The van der Waals surface area contributed by atoms with Gasteiger partial charge in [-0.1, -0.05) is 53.7 Å². The Morgan fingerprint density at radius 1 is 1.33 bits per heavy atom. The van der Waals surface area contributed by atoms with Crippen molar-refractivity contribution in [3.05, 3.63) is 46.1 Å². The van der Waals surface area contributed by atoms with E-state index in [1.54, 1.807) is 6.92 Å². The van der Waals surface area contributed by atoms with Gasteiger partial charge in [0.15, 0.2) is 0 Å². The Morgan fingerprint density at radius 3 is 2.80 bits per heavy atom. The highest BCUT2D eigenvalue weighted by molar-refractivity contribution is 7.99. The second-order valence-corrected chi connectivity index (χ2v) is 9.22. The van der Waals surface area contributed by atoms with Crippen LogP contribution < -0.4 is 5.32 Å². The molecule has 1 fully saturated rings. The van der Waals surface area contributed by atoms with Crippen LogP contribution in [0.15, 0.2) is 35.5 Å². The zero-order valence-corrected chi connectivity index (χ0v) is 18.5. The van der Waals surface area contributed by atoms with Gasteiger partial charge >= 0.3 is 5.97 Å². The summed E-state index contributed by atoms with van der Waals surface area (Å²) >= 11 is 8.83. The number of nitrogens with zero attached hydrogens (tertiary/aromatic N) is 2. The molecular weight excluding hydrogens is 444 g/mol. The van der Waals surface area contributed by atoms with E-state index in [2.05, 4.69) is 20.5 Å². The normalized spacial score (nSPS) is 13.3. The summed E-state index contributed by atoms with van der Waals surface area (Å²) in [6, 6.07) is 9.32. The summed E-state index contributed by atoms with van der Waals surface area (Å²) in [7, 11) is 0. The van der Waals surface area contributed by atoms with Crippen molar-refractivity contribution in [2.24, 2.45) is 0 Å². The van der Waals surface area contributed by atoms with E-state index in [0.717, 1.165) is 35.6 Å². The minimum absolute atomic E-state index is 0.112. The van der Waals surface area contributed by atoms with E-state index in [1.165, 1.54) is 11.8 Å². The van der Waals surface area contributed by atoms with Gasteiger partial charge in [0.2, 0.25) is 11.1 Å². The van der Waals surface area contributed by atoms with E-state index < -0.39 is 5.97 Å². The summed E-state index contributed by atoms with van der Waals surface area (Å²) in [5, 5.41) is 10.8. The van der Waals surface area contributed by atoms with Gasteiger partial charge in [-0.25, -0.2) is 9.78 Å². The lowest BCUT2D eigenvalue weighted by molar-refractivity contribution is -0.113. The van der Waals surface area contributed by atoms with Crippen LogP contribution in [-0.4, -0.2) is 39.4 Å². The number of hydrogen-bond acceptors (Lipinski definition) is 7. The molecule has 2 N–H and O–H groups in total. The first kappa shape index (κ1) is 20.9. The Labute approximate surface area is 186 Å². The largest absolute Gasteiger partial charge is 0.462 e. The van der Waals surface area contributed by atoms with Crippen LogP contribution in [-0.2, 0) is 9.53 Å². The Bertz CT molecular complexity index is 1060. The Balaban J connectivity index is 1.52. The Morgan fingerprint density at radius 2 is 2.10 bits per heavy atom. The van der Waals surface area contributed by atoms with Crippen LogP contribution in [0.4, 0.5) is 5.00 Å². The molecule has 1 aromatic carbocycles. The predicted octanol–water partition coefficient (Wildman–Crippen LogP) is 4.97. The van der Waals surface area contributed by atoms with Crippen molar-refractivity contribution in [2.75, 3.05) is 17.7 Å². The highest BCUT2D eigenvalue weighted by Crippen LogP contribution is 2.44. The van der Waals surface area contributed by atoms with Gasteiger partial charge in [0.05, 0.1) is 12.4 Å². The van der Waals surface area contributed by atoms with Crippen LogP contribution in [0.1, 0.15) is 41.9 Å². The van der Waals surface area contributed by atoms with E-state index >= 15 is 0 Å². The van der Waals surface area contributed by atoms with Crippen LogP contribution in [0.5, 0.6) is 0 Å². The molecule has 10 heteroatoms. The van der Waals surface area contributed by atoms with Gasteiger partial charge in [-0.3, -0.25) is 9.89 Å². The second-order valence-electron chi connectivity index (χ2n) is 6.66. The van der Waals surface area contributed by atoms with E-state index in [0.29, 0.717) is 26.0 Å². The number of benzene rings is 1. The first-order valence-corrected chi connectivity index (χ1v) is 11.6. The lowest BCUT2D eigenvalue weighted by Gasteiger charge is -2.08. The van der Waals surface area contributed by atoms with Crippen molar-refractivity contribution in [1.29, 1.82) is 0 Å². The molecule has 7 nitrogen and oxygen atoms in total. The average molecular weight is 463 g/mol. The van der Waals surface area contributed by atoms with Gasteiger partial charge in [-0.15, -0.1) is 16.4 Å². The van der Waals surface area contributed by atoms with Crippen molar-refractivity contribution >= 4 is 51.6 Å². The van der Waals surface area contributed by atoms with Crippen LogP contribution >= 0.6 is 34.7 Å². The van der Waals surface area contributed by atoms with Crippen molar-refractivity contribution in [1.82, 2.24) is 15.2 Å². The molecule has 1 aliphatic carbocycles. The smallest absolute Gasteiger partial charge is 0.341 e. The lowest BCUT2D eigenvalue weighted by Crippen LogP contribution is -2.16. The van der Waals surface area contributed by atoms with Crippen LogP contribution in [0.25, 0.3) is 11.1 Å². The highest BCUT2D eigenvalue weighted by Gasteiger charge is 2.28. The quantitative estimate of drug-likeness (QED) is 0.362. The number of thioether (sulfide) groups is 1. The van der Waals surface area contributed by atoms with Crippen molar-refractivity contribution in [2.45, 2.75) is 30.8 Å². The molecule has 1 aliphatic rings. The number of esters is 1. The van der Waals surface area contributed by atoms with Gasteiger partial charge in [-0.05, 0) is 25.3 Å². The van der Waals surface area contributed by atoms with Crippen LogP contribution in [0.3, 0.4) is 0 Å². The zero-order chi connectivity index (χ0) is 21.1. The first-order valence-electron chi connectivity index (χ1n) is 9.46. The minimum Gasteiger partial charge on any atom is -0.462 e. The maximum Gasteiger partial charge on any atom is 0.341 e. The third kappa shape index (κ3) is 4.69. The van der Waals surface area contributed by atoms with Gasteiger partial charge in [-0.2, -0.15) is 0 Å². The number of ether oxygens (including phenoxy) is 1. The van der Waals surface area contributed by atoms with Gasteiger partial charge in [0.1, 0.15) is 20.7 Å².